The van der Waals surface area contributed by atoms with E-state index in [9.17, 15) is 10.2 Å². The SMILES string of the molecule is C[C@H](Nc1cccc(C=N[C@H]2CCCC[C@@H]2N=Cc2cccc(N[C@@H](C)c3ccccc3)c2O)c1O)c1ccccc1. The van der Waals surface area contributed by atoms with Gasteiger partial charge in [-0.15, -0.1) is 0 Å². The Morgan fingerprint density at radius 2 is 1.00 bits per heavy atom. The molecule has 6 heteroatoms. The highest BCUT2D eigenvalue weighted by Crippen LogP contribution is 2.32. The van der Waals surface area contributed by atoms with Crippen LogP contribution < -0.4 is 10.6 Å². The Morgan fingerprint density at radius 1 is 0.595 bits per heavy atom. The quantitative estimate of drug-likeness (QED) is 0.116. The summed E-state index contributed by atoms with van der Waals surface area (Å²) in [5.74, 6) is 0.387. The lowest BCUT2D eigenvalue weighted by Gasteiger charge is -2.25. The van der Waals surface area contributed by atoms with Crippen LogP contribution in [0, 0.1) is 0 Å². The number of phenols is 2. The number of hydrogen-bond donors (Lipinski definition) is 4. The Kier molecular flexibility index (Phi) is 9.55. The van der Waals surface area contributed by atoms with Crippen molar-refractivity contribution in [3.63, 3.8) is 0 Å². The molecule has 4 N–H and O–H groups in total. The summed E-state index contributed by atoms with van der Waals surface area (Å²) in [7, 11) is 0. The van der Waals surface area contributed by atoms with Crippen LogP contribution >= 0.6 is 0 Å². The molecule has 0 heterocycles. The lowest BCUT2D eigenvalue weighted by atomic mass is 9.91. The van der Waals surface area contributed by atoms with Gasteiger partial charge in [-0.2, -0.15) is 0 Å². The van der Waals surface area contributed by atoms with E-state index in [1.54, 1.807) is 12.4 Å². The van der Waals surface area contributed by atoms with Gasteiger partial charge in [-0.25, -0.2) is 0 Å². The Labute approximate surface area is 248 Å². The highest BCUT2D eigenvalue weighted by molar-refractivity contribution is 5.88. The van der Waals surface area contributed by atoms with Crippen LogP contribution in [0.3, 0.4) is 0 Å². The number of anilines is 2. The summed E-state index contributed by atoms with van der Waals surface area (Å²) in [5.41, 5.74) is 5.02. The minimum atomic E-state index is 0.0100. The lowest BCUT2D eigenvalue weighted by Crippen LogP contribution is -2.27. The summed E-state index contributed by atoms with van der Waals surface area (Å²) >= 11 is 0. The molecular formula is C36H40N4O2. The predicted molar refractivity (Wildman–Crippen MR) is 174 cm³/mol. The fraction of sp³-hybridized carbons (Fsp3) is 0.278. The summed E-state index contributed by atoms with van der Waals surface area (Å²) in [6.45, 7) is 4.15. The maximum absolute atomic E-state index is 11.0. The number of aliphatic imine (C=N–C) groups is 2. The summed E-state index contributed by atoms with van der Waals surface area (Å²) in [4.78, 5) is 9.80. The van der Waals surface area contributed by atoms with E-state index >= 15 is 0 Å². The molecule has 0 aliphatic heterocycles. The fourth-order valence-corrected chi connectivity index (χ4v) is 5.47. The average molecular weight is 561 g/mol. The van der Waals surface area contributed by atoms with Gasteiger partial charge in [0.15, 0.2) is 0 Å². The molecule has 0 saturated heterocycles. The van der Waals surface area contributed by atoms with Crippen LogP contribution in [0.25, 0.3) is 0 Å². The van der Waals surface area contributed by atoms with Crippen molar-refractivity contribution in [2.45, 2.75) is 63.7 Å². The number of hydrogen-bond acceptors (Lipinski definition) is 6. The molecule has 0 radical (unpaired) electrons. The second-order valence-electron chi connectivity index (χ2n) is 11.0. The van der Waals surface area contributed by atoms with Crippen molar-refractivity contribution in [3.8, 4) is 11.5 Å². The van der Waals surface area contributed by atoms with Gasteiger partial charge in [0, 0.05) is 35.6 Å². The number of aromatic hydroxyl groups is 2. The van der Waals surface area contributed by atoms with Gasteiger partial charge in [-0.05, 0) is 62.1 Å². The van der Waals surface area contributed by atoms with Crippen LogP contribution in [0.1, 0.15) is 73.9 Å². The lowest BCUT2D eigenvalue weighted by molar-refractivity contribution is 0.390. The first kappa shape index (κ1) is 28.9. The van der Waals surface area contributed by atoms with Crippen molar-refractivity contribution in [1.82, 2.24) is 0 Å². The molecule has 0 aromatic heterocycles. The van der Waals surface area contributed by atoms with Gasteiger partial charge in [0.25, 0.3) is 0 Å². The van der Waals surface area contributed by atoms with Crippen molar-refractivity contribution in [2.75, 3.05) is 10.6 Å². The summed E-state index contributed by atoms with van der Waals surface area (Å²) < 4.78 is 0. The second kappa shape index (κ2) is 13.9. The largest absolute Gasteiger partial charge is 0.505 e. The van der Waals surface area contributed by atoms with E-state index < -0.39 is 0 Å². The molecule has 0 bridgehead atoms. The van der Waals surface area contributed by atoms with E-state index in [0.717, 1.165) is 36.8 Å². The van der Waals surface area contributed by atoms with E-state index in [2.05, 4.69) is 48.7 Å². The number of rotatable bonds is 10. The molecule has 1 aliphatic carbocycles. The first-order valence-corrected chi connectivity index (χ1v) is 14.8. The van der Waals surface area contributed by atoms with Crippen molar-refractivity contribution in [1.29, 1.82) is 0 Å². The highest BCUT2D eigenvalue weighted by Gasteiger charge is 2.23. The van der Waals surface area contributed by atoms with Crippen LogP contribution in [0.5, 0.6) is 11.5 Å². The molecule has 42 heavy (non-hydrogen) atoms. The minimum Gasteiger partial charge on any atom is -0.505 e. The van der Waals surface area contributed by atoms with E-state index in [0.29, 0.717) is 22.5 Å². The maximum Gasteiger partial charge on any atom is 0.147 e. The first-order valence-electron chi connectivity index (χ1n) is 14.8. The van der Waals surface area contributed by atoms with Gasteiger partial charge < -0.3 is 20.8 Å². The molecular weight excluding hydrogens is 520 g/mol. The number of phenolic OH excluding ortho intramolecular Hbond substituents is 2. The molecule has 4 aromatic carbocycles. The van der Waals surface area contributed by atoms with Gasteiger partial charge in [0.05, 0.1) is 23.5 Å². The van der Waals surface area contributed by atoms with Crippen LogP contribution in [0.15, 0.2) is 107 Å². The Hall–Kier alpha value is -4.58. The molecule has 1 aliphatic rings. The Bertz CT molecular complexity index is 1390. The zero-order valence-corrected chi connectivity index (χ0v) is 24.3. The van der Waals surface area contributed by atoms with Gasteiger partial charge >= 0.3 is 0 Å². The van der Waals surface area contributed by atoms with Crippen molar-refractivity contribution >= 4 is 23.8 Å². The third kappa shape index (κ3) is 7.19. The van der Waals surface area contributed by atoms with E-state index in [1.165, 1.54) is 0 Å². The normalized spacial score (nSPS) is 18.6. The van der Waals surface area contributed by atoms with Gasteiger partial charge in [-0.3, -0.25) is 9.98 Å². The molecule has 0 amide bonds. The van der Waals surface area contributed by atoms with Crippen LogP contribution in [0.2, 0.25) is 0 Å². The van der Waals surface area contributed by atoms with E-state index in [1.807, 2.05) is 72.8 Å². The molecule has 0 spiro atoms. The molecule has 0 unspecified atom stereocenters. The maximum atomic E-state index is 11.0. The number of benzene rings is 4. The van der Waals surface area contributed by atoms with Crippen LogP contribution in [0.4, 0.5) is 11.4 Å². The molecule has 1 saturated carbocycles. The molecule has 5 rings (SSSR count). The molecule has 4 aromatic rings. The molecule has 1 fully saturated rings. The van der Waals surface area contributed by atoms with E-state index in [-0.39, 0.29) is 35.7 Å². The number of para-hydroxylation sites is 2. The number of nitrogens with one attached hydrogen (secondary N) is 2. The summed E-state index contributed by atoms with van der Waals surface area (Å²) in [6, 6.07) is 31.8. The average Bonchev–Trinajstić information content (AvgIpc) is 3.03. The predicted octanol–water partition coefficient (Wildman–Crippen LogP) is 8.29. The second-order valence-corrected chi connectivity index (χ2v) is 11.0. The monoisotopic (exact) mass is 560 g/mol. The zero-order valence-electron chi connectivity index (χ0n) is 24.3. The first-order chi connectivity index (χ1) is 20.5. The van der Waals surface area contributed by atoms with E-state index in [4.69, 9.17) is 9.98 Å². The molecule has 4 atom stereocenters. The topological polar surface area (TPSA) is 89.2 Å². The third-order valence-electron chi connectivity index (χ3n) is 7.98. The van der Waals surface area contributed by atoms with Crippen LogP contribution in [-0.4, -0.2) is 34.7 Å². The van der Waals surface area contributed by atoms with Crippen molar-refractivity contribution in [2.24, 2.45) is 9.98 Å². The smallest absolute Gasteiger partial charge is 0.147 e. The Morgan fingerprint density at radius 3 is 1.40 bits per heavy atom. The zero-order chi connectivity index (χ0) is 29.3. The van der Waals surface area contributed by atoms with Gasteiger partial charge in [0.2, 0.25) is 0 Å². The molecule has 216 valence electrons. The number of nitrogens with zero attached hydrogens (tertiary/aromatic N) is 2. The van der Waals surface area contributed by atoms with Crippen molar-refractivity contribution in [3.05, 3.63) is 119 Å². The fourth-order valence-electron chi connectivity index (χ4n) is 5.47. The molecule has 6 nitrogen and oxygen atoms in total. The van der Waals surface area contributed by atoms with Crippen LogP contribution in [-0.2, 0) is 0 Å². The standard InChI is InChI=1S/C36H40N4O2/c1-25(27-13-5-3-6-14-27)39-33-21-11-17-29(35(33)41)23-37-31-19-9-10-20-32(31)38-24-30-18-12-22-34(36(30)42)40-26(2)28-15-7-4-8-16-28/h3-8,11-18,21-26,31-32,39-42H,9-10,19-20H2,1-2H3/t25-,26-,31-,32-/m0/s1. The van der Waals surface area contributed by atoms with Gasteiger partial charge in [0.1, 0.15) is 11.5 Å². The minimum absolute atomic E-state index is 0.0100. The summed E-state index contributed by atoms with van der Waals surface area (Å²) in [6.07, 6.45) is 7.61. The Balaban J connectivity index is 1.27. The summed E-state index contributed by atoms with van der Waals surface area (Å²) in [5, 5.41) is 28.9. The van der Waals surface area contributed by atoms with Crippen molar-refractivity contribution < 1.29 is 10.2 Å². The third-order valence-corrected chi connectivity index (χ3v) is 7.98. The van der Waals surface area contributed by atoms with Gasteiger partial charge in [-0.1, -0.05) is 85.6 Å². The highest BCUT2D eigenvalue weighted by atomic mass is 16.3.